The fourth-order valence-electron chi connectivity index (χ4n) is 1.44. The van der Waals surface area contributed by atoms with Crippen LogP contribution in [0.5, 0.6) is 0 Å². The number of sulfonamides is 1. The van der Waals surface area contributed by atoms with E-state index in [-0.39, 0.29) is 12.3 Å². The Hall–Kier alpha value is 0.0500. The van der Waals surface area contributed by atoms with Crippen molar-refractivity contribution in [3.8, 4) is 0 Å². The van der Waals surface area contributed by atoms with Crippen molar-refractivity contribution in [3.05, 3.63) is 11.1 Å². The van der Waals surface area contributed by atoms with Gasteiger partial charge in [0.05, 0.1) is 5.75 Å². The molecule has 0 radical (unpaired) electrons. The van der Waals surface area contributed by atoms with Crippen molar-refractivity contribution in [2.45, 2.75) is 0 Å². The third-order valence-electron chi connectivity index (χ3n) is 2.37. The summed E-state index contributed by atoms with van der Waals surface area (Å²) in [4.78, 5) is 2.15. The zero-order valence-corrected chi connectivity index (χ0v) is 11.6. The quantitative estimate of drug-likeness (QED) is 0.708. The minimum atomic E-state index is -3.18. The molecule has 5 nitrogen and oxygen atoms in total. The molecule has 2 N–H and O–H groups in total. The molecule has 1 aliphatic heterocycles. The molecule has 0 unspecified atom stereocenters. The summed E-state index contributed by atoms with van der Waals surface area (Å²) >= 11 is 3.11. The van der Waals surface area contributed by atoms with Crippen LogP contribution in [0.2, 0.25) is 0 Å². The molecule has 0 aromatic heterocycles. The summed E-state index contributed by atoms with van der Waals surface area (Å²) < 4.78 is 26.2. The topological polar surface area (TPSA) is 61.4 Å². The second kappa shape index (κ2) is 6.70. The van der Waals surface area contributed by atoms with E-state index in [1.165, 1.54) is 0 Å². The molecule has 0 amide bonds. The maximum absolute atomic E-state index is 11.6. The third kappa shape index (κ3) is 5.95. The molecule has 1 heterocycles. The Morgan fingerprint density at radius 3 is 2.62 bits per heavy atom. The molecular formula is C9H18BrN3O2S. The van der Waals surface area contributed by atoms with Crippen molar-refractivity contribution >= 4 is 26.0 Å². The van der Waals surface area contributed by atoms with Crippen LogP contribution in [0.15, 0.2) is 11.1 Å². The highest BCUT2D eigenvalue weighted by Crippen LogP contribution is 1.99. The van der Waals surface area contributed by atoms with Gasteiger partial charge in [-0.3, -0.25) is 4.90 Å². The Bertz CT molecular complexity index is 326. The van der Waals surface area contributed by atoms with Crippen LogP contribution in [0.1, 0.15) is 0 Å². The van der Waals surface area contributed by atoms with E-state index in [1.807, 2.05) is 0 Å². The van der Waals surface area contributed by atoms with Crippen molar-refractivity contribution in [1.82, 2.24) is 14.9 Å². The molecule has 0 atom stereocenters. The molecule has 1 aliphatic rings. The van der Waals surface area contributed by atoms with Gasteiger partial charge in [0.1, 0.15) is 0 Å². The van der Waals surface area contributed by atoms with Gasteiger partial charge in [0, 0.05) is 43.8 Å². The molecule has 1 saturated heterocycles. The van der Waals surface area contributed by atoms with Crippen molar-refractivity contribution in [2.75, 3.05) is 45.0 Å². The van der Waals surface area contributed by atoms with Crippen molar-refractivity contribution < 1.29 is 8.42 Å². The number of halogens is 1. The summed E-state index contributed by atoms with van der Waals surface area (Å²) in [6, 6.07) is 0. The fourth-order valence-corrected chi connectivity index (χ4v) is 2.81. The van der Waals surface area contributed by atoms with Crippen LogP contribution >= 0.6 is 15.9 Å². The van der Waals surface area contributed by atoms with Gasteiger partial charge in [-0.2, -0.15) is 0 Å². The SMILES string of the molecule is C=C(Br)CNS(=O)(=O)CCN1CCNCC1. The standard InChI is InChI=1S/C9H18BrN3O2S/c1-9(10)8-12-16(14,15)7-6-13-4-2-11-3-5-13/h11-12H,1-8H2. The minimum absolute atomic E-state index is 0.146. The van der Waals surface area contributed by atoms with E-state index in [1.54, 1.807) is 0 Å². The second-order valence-corrected chi connectivity index (χ2v) is 6.80. The fraction of sp³-hybridized carbons (Fsp3) is 0.778. The molecule has 16 heavy (non-hydrogen) atoms. The van der Waals surface area contributed by atoms with Gasteiger partial charge in [-0.05, 0) is 0 Å². The Balaban J connectivity index is 2.26. The van der Waals surface area contributed by atoms with E-state index in [0.717, 1.165) is 26.2 Å². The van der Waals surface area contributed by atoms with E-state index in [2.05, 4.69) is 37.4 Å². The average Bonchev–Trinajstić information content (AvgIpc) is 2.26. The van der Waals surface area contributed by atoms with Gasteiger partial charge in [-0.15, -0.1) is 0 Å². The highest BCUT2D eigenvalue weighted by atomic mass is 79.9. The molecule has 7 heteroatoms. The number of nitrogens with zero attached hydrogens (tertiary/aromatic N) is 1. The van der Waals surface area contributed by atoms with E-state index < -0.39 is 10.0 Å². The smallest absolute Gasteiger partial charge is 0.213 e. The van der Waals surface area contributed by atoms with E-state index in [9.17, 15) is 8.42 Å². The summed E-state index contributed by atoms with van der Waals surface area (Å²) in [5, 5.41) is 3.23. The van der Waals surface area contributed by atoms with Crippen LogP contribution in [-0.2, 0) is 10.0 Å². The predicted octanol–water partition coefficient (Wildman–Crippen LogP) is -0.280. The molecule has 0 aromatic rings. The van der Waals surface area contributed by atoms with Crippen molar-refractivity contribution in [3.63, 3.8) is 0 Å². The van der Waals surface area contributed by atoms with Crippen LogP contribution in [0.25, 0.3) is 0 Å². The summed E-state index contributed by atoms with van der Waals surface area (Å²) in [5.74, 6) is 0.146. The van der Waals surface area contributed by atoms with Crippen LogP contribution in [0, 0.1) is 0 Å². The number of hydrogen-bond donors (Lipinski definition) is 2. The van der Waals surface area contributed by atoms with E-state index in [4.69, 9.17) is 0 Å². The summed E-state index contributed by atoms with van der Waals surface area (Å²) in [6.45, 7) is 8.13. The number of rotatable bonds is 6. The van der Waals surface area contributed by atoms with Crippen molar-refractivity contribution in [1.29, 1.82) is 0 Å². The highest BCUT2D eigenvalue weighted by molar-refractivity contribution is 9.11. The van der Waals surface area contributed by atoms with Crippen molar-refractivity contribution in [2.24, 2.45) is 0 Å². The lowest BCUT2D eigenvalue weighted by Crippen LogP contribution is -2.45. The molecule has 0 saturated carbocycles. The molecule has 0 spiro atoms. The van der Waals surface area contributed by atoms with Crippen LogP contribution in [0.3, 0.4) is 0 Å². The number of hydrogen-bond acceptors (Lipinski definition) is 4. The Morgan fingerprint density at radius 2 is 2.06 bits per heavy atom. The van der Waals surface area contributed by atoms with Gasteiger partial charge >= 0.3 is 0 Å². The van der Waals surface area contributed by atoms with Gasteiger partial charge < -0.3 is 5.32 Å². The van der Waals surface area contributed by atoms with Gasteiger partial charge in [0.2, 0.25) is 10.0 Å². The molecular weight excluding hydrogens is 294 g/mol. The first-order chi connectivity index (χ1) is 7.49. The molecule has 0 bridgehead atoms. The molecule has 1 rings (SSSR count). The summed E-state index contributed by atoms with van der Waals surface area (Å²) in [7, 11) is -3.18. The number of nitrogens with one attached hydrogen (secondary N) is 2. The molecule has 0 aromatic carbocycles. The lowest BCUT2D eigenvalue weighted by atomic mass is 10.4. The first kappa shape index (κ1) is 14.1. The van der Waals surface area contributed by atoms with Gasteiger partial charge in [-0.1, -0.05) is 22.5 Å². The minimum Gasteiger partial charge on any atom is -0.314 e. The van der Waals surface area contributed by atoms with Gasteiger partial charge in [0.15, 0.2) is 0 Å². The molecule has 0 aliphatic carbocycles. The third-order valence-corrected chi connectivity index (χ3v) is 3.95. The Labute approximate surface area is 105 Å². The molecule has 1 fully saturated rings. The molecule has 94 valence electrons. The Morgan fingerprint density at radius 1 is 1.44 bits per heavy atom. The maximum Gasteiger partial charge on any atom is 0.213 e. The summed E-state index contributed by atoms with van der Waals surface area (Å²) in [6.07, 6.45) is 0. The van der Waals surface area contributed by atoms with E-state index in [0.29, 0.717) is 11.0 Å². The largest absolute Gasteiger partial charge is 0.314 e. The van der Waals surface area contributed by atoms with Crippen LogP contribution < -0.4 is 10.0 Å². The first-order valence-corrected chi connectivity index (χ1v) is 7.68. The van der Waals surface area contributed by atoms with Crippen LogP contribution in [0.4, 0.5) is 0 Å². The van der Waals surface area contributed by atoms with E-state index >= 15 is 0 Å². The highest BCUT2D eigenvalue weighted by Gasteiger charge is 2.14. The first-order valence-electron chi connectivity index (χ1n) is 5.23. The monoisotopic (exact) mass is 311 g/mol. The number of piperazine rings is 1. The Kier molecular flexibility index (Phi) is 5.91. The predicted molar refractivity (Wildman–Crippen MR) is 69.2 cm³/mol. The zero-order valence-electron chi connectivity index (χ0n) is 9.21. The van der Waals surface area contributed by atoms with Crippen LogP contribution in [-0.4, -0.2) is 58.3 Å². The normalized spacial score (nSPS) is 18.6. The van der Waals surface area contributed by atoms with Gasteiger partial charge in [-0.25, -0.2) is 13.1 Å². The second-order valence-electron chi connectivity index (χ2n) is 3.75. The maximum atomic E-state index is 11.6. The zero-order chi connectivity index (χ0) is 12.0. The van der Waals surface area contributed by atoms with Gasteiger partial charge in [0.25, 0.3) is 0 Å². The average molecular weight is 312 g/mol. The lowest BCUT2D eigenvalue weighted by Gasteiger charge is -2.26. The summed E-state index contributed by atoms with van der Waals surface area (Å²) in [5.41, 5.74) is 0. The lowest BCUT2D eigenvalue weighted by molar-refractivity contribution is 0.253.